The molecular weight excluding hydrogens is 174 g/mol. The molecule has 1 aromatic heterocycles. The Morgan fingerprint density at radius 3 is 2.86 bits per heavy atom. The molecule has 3 heteroatoms. The van der Waals surface area contributed by atoms with Crippen molar-refractivity contribution in [1.29, 1.82) is 0 Å². The molecule has 2 aliphatic rings. The van der Waals surface area contributed by atoms with Crippen molar-refractivity contribution in [2.45, 2.75) is 31.6 Å². The van der Waals surface area contributed by atoms with E-state index in [-0.39, 0.29) is 0 Å². The van der Waals surface area contributed by atoms with Crippen molar-refractivity contribution in [2.75, 3.05) is 5.73 Å². The number of nitrogens with two attached hydrogens (primary N) is 1. The number of nitrogens with zero attached hydrogens (tertiary/aromatic N) is 2. The molecule has 1 aromatic rings. The largest absolute Gasteiger partial charge is 0.384 e. The third kappa shape index (κ3) is 1.22. The van der Waals surface area contributed by atoms with E-state index in [2.05, 4.69) is 5.10 Å². The average molecular weight is 191 g/mol. The highest BCUT2D eigenvalue weighted by atomic mass is 15.3. The monoisotopic (exact) mass is 191 g/mol. The summed E-state index contributed by atoms with van der Waals surface area (Å²) in [5, 5.41) is 4.48. The molecule has 2 fully saturated rings. The Labute approximate surface area is 84.3 Å². The topological polar surface area (TPSA) is 43.8 Å². The fourth-order valence-corrected chi connectivity index (χ4v) is 2.82. The third-order valence-electron chi connectivity index (χ3n) is 3.90. The van der Waals surface area contributed by atoms with Crippen LogP contribution in [0.3, 0.4) is 0 Å². The molecule has 14 heavy (non-hydrogen) atoms. The van der Waals surface area contributed by atoms with Crippen molar-refractivity contribution in [3.05, 3.63) is 11.8 Å². The molecule has 3 atom stereocenters. The van der Waals surface area contributed by atoms with Gasteiger partial charge in [0.2, 0.25) is 0 Å². The highest BCUT2D eigenvalue weighted by Crippen LogP contribution is 2.53. The van der Waals surface area contributed by atoms with Crippen molar-refractivity contribution in [1.82, 2.24) is 9.78 Å². The lowest BCUT2D eigenvalue weighted by Gasteiger charge is -2.18. The van der Waals surface area contributed by atoms with Gasteiger partial charge in [-0.2, -0.15) is 5.10 Å². The van der Waals surface area contributed by atoms with Crippen LogP contribution < -0.4 is 5.73 Å². The van der Waals surface area contributed by atoms with Gasteiger partial charge in [-0.3, -0.25) is 4.68 Å². The van der Waals surface area contributed by atoms with Gasteiger partial charge in [-0.1, -0.05) is 0 Å². The maximum Gasteiger partial charge on any atom is 0.121 e. The molecule has 1 unspecified atom stereocenters. The van der Waals surface area contributed by atoms with Gasteiger partial charge in [0.25, 0.3) is 0 Å². The summed E-state index contributed by atoms with van der Waals surface area (Å²) < 4.78 is 1.79. The fourth-order valence-electron chi connectivity index (χ4n) is 2.82. The number of aromatic nitrogens is 2. The van der Waals surface area contributed by atoms with Crippen molar-refractivity contribution in [3.8, 4) is 0 Å². The first-order valence-corrected chi connectivity index (χ1v) is 5.53. The Morgan fingerprint density at radius 1 is 1.36 bits per heavy atom. The number of rotatable bonds is 1. The number of aryl methyl sites for hydroxylation is 1. The zero-order valence-corrected chi connectivity index (χ0v) is 8.61. The molecule has 0 aromatic carbocycles. The first kappa shape index (κ1) is 8.33. The second-order valence-corrected chi connectivity index (χ2v) is 4.88. The van der Waals surface area contributed by atoms with Gasteiger partial charge in [0.15, 0.2) is 0 Å². The molecule has 0 spiro atoms. The van der Waals surface area contributed by atoms with Crippen molar-refractivity contribution in [2.24, 2.45) is 18.9 Å². The summed E-state index contributed by atoms with van der Waals surface area (Å²) >= 11 is 0. The highest BCUT2D eigenvalue weighted by Gasteiger charge is 2.42. The van der Waals surface area contributed by atoms with E-state index in [1.165, 1.54) is 31.4 Å². The highest BCUT2D eigenvalue weighted by molar-refractivity contribution is 5.32. The summed E-state index contributed by atoms with van der Waals surface area (Å²) in [6, 6.07) is 2.05. The number of nitrogen functional groups attached to an aromatic ring is 1. The standard InChI is InChI=1S/C11H17N3/c1-14-11(12)6-10(13-14)8-3-2-7-4-9(7)5-8/h6-9H,2-5,12H2,1H3/t7-,8?,9-/m0/s1. The van der Waals surface area contributed by atoms with Crippen LogP contribution in [0.2, 0.25) is 0 Å². The zero-order valence-electron chi connectivity index (χ0n) is 8.61. The Bertz CT molecular complexity index is 336. The van der Waals surface area contributed by atoms with Crippen LogP contribution in [0.1, 0.15) is 37.3 Å². The minimum atomic E-state index is 0.683. The molecule has 2 saturated carbocycles. The van der Waals surface area contributed by atoms with Gasteiger partial charge < -0.3 is 5.73 Å². The molecule has 3 nitrogen and oxygen atoms in total. The minimum absolute atomic E-state index is 0.683. The van der Waals surface area contributed by atoms with Crippen LogP contribution in [-0.2, 0) is 7.05 Å². The summed E-state index contributed by atoms with van der Waals surface area (Å²) in [6.45, 7) is 0. The first-order chi connectivity index (χ1) is 6.74. The molecule has 0 amide bonds. The summed E-state index contributed by atoms with van der Waals surface area (Å²) in [5.41, 5.74) is 7.01. The Hall–Kier alpha value is -0.990. The minimum Gasteiger partial charge on any atom is -0.384 e. The lowest BCUT2D eigenvalue weighted by Crippen LogP contribution is -2.07. The Kier molecular flexibility index (Phi) is 1.64. The van der Waals surface area contributed by atoms with E-state index in [1.807, 2.05) is 13.1 Å². The van der Waals surface area contributed by atoms with Crippen molar-refractivity contribution in [3.63, 3.8) is 0 Å². The van der Waals surface area contributed by atoms with Crippen molar-refractivity contribution >= 4 is 5.82 Å². The van der Waals surface area contributed by atoms with Crippen LogP contribution in [-0.4, -0.2) is 9.78 Å². The lowest BCUT2D eigenvalue weighted by molar-refractivity contribution is 0.415. The first-order valence-electron chi connectivity index (χ1n) is 5.53. The van der Waals surface area contributed by atoms with E-state index in [9.17, 15) is 0 Å². The van der Waals surface area contributed by atoms with E-state index in [0.29, 0.717) is 5.92 Å². The van der Waals surface area contributed by atoms with Crippen LogP contribution in [0.25, 0.3) is 0 Å². The lowest BCUT2D eigenvalue weighted by atomic mass is 9.87. The van der Waals surface area contributed by atoms with Gasteiger partial charge in [0.1, 0.15) is 5.82 Å². The van der Waals surface area contributed by atoms with Gasteiger partial charge in [0, 0.05) is 19.0 Å². The van der Waals surface area contributed by atoms with E-state index < -0.39 is 0 Å². The number of anilines is 1. The summed E-state index contributed by atoms with van der Waals surface area (Å²) in [6.07, 6.45) is 5.55. The molecule has 0 saturated heterocycles. The molecule has 2 aliphatic carbocycles. The van der Waals surface area contributed by atoms with Gasteiger partial charge in [0.05, 0.1) is 5.69 Å². The van der Waals surface area contributed by atoms with Gasteiger partial charge in [-0.05, 0) is 37.5 Å². The van der Waals surface area contributed by atoms with Crippen LogP contribution in [0.5, 0.6) is 0 Å². The van der Waals surface area contributed by atoms with Gasteiger partial charge in [-0.25, -0.2) is 0 Å². The Morgan fingerprint density at radius 2 is 2.21 bits per heavy atom. The summed E-state index contributed by atoms with van der Waals surface area (Å²) in [7, 11) is 1.92. The van der Waals surface area contributed by atoms with Crippen LogP contribution in [0.15, 0.2) is 6.07 Å². The van der Waals surface area contributed by atoms with E-state index in [4.69, 9.17) is 5.73 Å². The second-order valence-electron chi connectivity index (χ2n) is 4.88. The predicted octanol–water partition coefficient (Wildman–Crippen LogP) is 1.91. The van der Waals surface area contributed by atoms with Gasteiger partial charge in [-0.15, -0.1) is 0 Å². The smallest absolute Gasteiger partial charge is 0.121 e. The van der Waals surface area contributed by atoms with Crippen LogP contribution in [0, 0.1) is 11.8 Å². The average Bonchev–Trinajstić information content (AvgIpc) is 2.87. The number of hydrogen-bond donors (Lipinski definition) is 1. The molecule has 76 valence electrons. The molecule has 3 rings (SSSR count). The maximum atomic E-state index is 5.79. The molecule has 0 aliphatic heterocycles. The third-order valence-corrected chi connectivity index (χ3v) is 3.90. The Balaban J connectivity index is 1.80. The predicted molar refractivity (Wildman–Crippen MR) is 55.8 cm³/mol. The number of hydrogen-bond acceptors (Lipinski definition) is 2. The molecular formula is C11H17N3. The molecule has 1 heterocycles. The molecule has 0 bridgehead atoms. The number of fused-ring (bicyclic) bond motifs is 1. The van der Waals surface area contributed by atoms with Crippen LogP contribution in [0.4, 0.5) is 5.82 Å². The van der Waals surface area contributed by atoms with E-state index in [0.717, 1.165) is 17.7 Å². The molecule has 2 N–H and O–H groups in total. The van der Waals surface area contributed by atoms with E-state index in [1.54, 1.807) is 4.68 Å². The van der Waals surface area contributed by atoms with Crippen molar-refractivity contribution < 1.29 is 0 Å². The zero-order chi connectivity index (χ0) is 9.71. The second kappa shape index (κ2) is 2.75. The molecule has 0 radical (unpaired) electrons. The van der Waals surface area contributed by atoms with E-state index >= 15 is 0 Å². The SMILES string of the molecule is Cn1nc(C2CC[C@H]3C[C@H]3C2)cc1N. The normalized spacial score (nSPS) is 35.4. The quantitative estimate of drug-likeness (QED) is 0.736. The summed E-state index contributed by atoms with van der Waals surface area (Å²) in [5.74, 6) is 3.55. The maximum absolute atomic E-state index is 5.79. The fraction of sp³-hybridized carbons (Fsp3) is 0.727. The summed E-state index contributed by atoms with van der Waals surface area (Å²) in [4.78, 5) is 0. The van der Waals surface area contributed by atoms with Gasteiger partial charge >= 0.3 is 0 Å². The van der Waals surface area contributed by atoms with Crippen LogP contribution >= 0.6 is 0 Å².